The number of halogens is 2. The SMILES string of the molecule is Cc1ccc(COc2c(Br)cc(C=C(C#N)C#N)cc2Br)cc1. The Hall–Kier alpha value is -2.08. The molecule has 0 aromatic heterocycles. The number of nitrogens with zero attached hydrogens (tertiary/aromatic N) is 2. The van der Waals surface area contributed by atoms with Crippen LogP contribution in [0.15, 0.2) is 50.9 Å². The molecule has 0 saturated carbocycles. The summed E-state index contributed by atoms with van der Waals surface area (Å²) in [5.41, 5.74) is 3.08. The van der Waals surface area contributed by atoms with Gasteiger partial charge < -0.3 is 4.74 Å². The van der Waals surface area contributed by atoms with Crippen molar-refractivity contribution in [2.45, 2.75) is 13.5 Å². The summed E-state index contributed by atoms with van der Waals surface area (Å²) in [5.74, 6) is 0.679. The minimum absolute atomic E-state index is 0.0529. The van der Waals surface area contributed by atoms with Crippen LogP contribution in [0.25, 0.3) is 6.08 Å². The van der Waals surface area contributed by atoms with Gasteiger partial charge in [-0.15, -0.1) is 0 Å². The van der Waals surface area contributed by atoms with Crippen molar-refractivity contribution in [3.63, 3.8) is 0 Å². The van der Waals surface area contributed by atoms with E-state index in [1.807, 2.05) is 55.5 Å². The fourth-order valence-corrected chi connectivity index (χ4v) is 3.35. The van der Waals surface area contributed by atoms with E-state index in [0.29, 0.717) is 12.4 Å². The van der Waals surface area contributed by atoms with Crippen molar-refractivity contribution >= 4 is 37.9 Å². The molecule has 114 valence electrons. The second-order valence-corrected chi connectivity index (χ2v) is 6.58. The standard InChI is InChI=1S/C18H12Br2N2O/c1-12-2-4-13(5-3-12)11-23-18-16(19)7-14(8-17(18)20)6-15(9-21)10-22/h2-8H,11H2,1H3. The van der Waals surface area contributed by atoms with Crippen LogP contribution in [0.4, 0.5) is 0 Å². The topological polar surface area (TPSA) is 56.8 Å². The van der Waals surface area contributed by atoms with Crippen LogP contribution in [-0.4, -0.2) is 0 Å². The fraction of sp³-hybridized carbons (Fsp3) is 0.111. The van der Waals surface area contributed by atoms with Crippen molar-refractivity contribution in [1.29, 1.82) is 10.5 Å². The summed E-state index contributed by atoms with van der Waals surface area (Å²) in [7, 11) is 0. The summed E-state index contributed by atoms with van der Waals surface area (Å²) in [4.78, 5) is 0. The summed E-state index contributed by atoms with van der Waals surface area (Å²) < 4.78 is 7.36. The van der Waals surface area contributed by atoms with Crippen LogP contribution in [0, 0.1) is 29.6 Å². The maximum Gasteiger partial charge on any atom is 0.148 e. The Morgan fingerprint density at radius 1 is 1.09 bits per heavy atom. The molecule has 0 atom stereocenters. The molecule has 0 saturated heterocycles. The Balaban J connectivity index is 2.21. The Labute approximate surface area is 152 Å². The summed E-state index contributed by atoms with van der Waals surface area (Å²) in [6.45, 7) is 2.50. The third-order valence-corrected chi connectivity index (χ3v) is 4.25. The van der Waals surface area contributed by atoms with Crippen LogP contribution in [0.2, 0.25) is 0 Å². The molecule has 2 rings (SSSR count). The largest absolute Gasteiger partial charge is 0.487 e. The van der Waals surface area contributed by atoms with Gasteiger partial charge in [0.05, 0.1) is 8.95 Å². The minimum Gasteiger partial charge on any atom is -0.487 e. The lowest BCUT2D eigenvalue weighted by molar-refractivity contribution is 0.302. The smallest absolute Gasteiger partial charge is 0.148 e. The van der Waals surface area contributed by atoms with Gasteiger partial charge in [0.15, 0.2) is 0 Å². The summed E-state index contributed by atoms with van der Waals surface area (Å²) in [6.07, 6.45) is 1.53. The molecular formula is C18H12Br2N2O. The van der Waals surface area contributed by atoms with E-state index in [9.17, 15) is 0 Å². The van der Waals surface area contributed by atoms with Gasteiger partial charge in [-0.05, 0) is 68.1 Å². The molecule has 0 fully saturated rings. The molecule has 0 bridgehead atoms. The summed E-state index contributed by atoms with van der Waals surface area (Å²) in [6, 6.07) is 15.4. The van der Waals surface area contributed by atoms with E-state index in [4.69, 9.17) is 15.3 Å². The van der Waals surface area contributed by atoms with Gasteiger partial charge in [0, 0.05) is 0 Å². The molecule has 3 nitrogen and oxygen atoms in total. The van der Waals surface area contributed by atoms with E-state index in [2.05, 4.69) is 31.9 Å². The highest BCUT2D eigenvalue weighted by atomic mass is 79.9. The molecular weight excluding hydrogens is 420 g/mol. The molecule has 0 unspecified atom stereocenters. The Morgan fingerprint density at radius 2 is 1.65 bits per heavy atom. The van der Waals surface area contributed by atoms with Gasteiger partial charge in [-0.2, -0.15) is 10.5 Å². The molecule has 0 aliphatic rings. The van der Waals surface area contributed by atoms with E-state index in [0.717, 1.165) is 20.1 Å². The number of hydrogen-bond acceptors (Lipinski definition) is 3. The highest BCUT2D eigenvalue weighted by Crippen LogP contribution is 2.36. The molecule has 0 amide bonds. The van der Waals surface area contributed by atoms with Crippen molar-refractivity contribution in [3.05, 3.63) is 67.6 Å². The van der Waals surface area contributed by atoms with Gasteiger partial charge in [-0.3, -0.25) is 0 Å². The quantitative estimate of drug-likeness (QED) is 0.598. The minimum atomic E-state index is 0.0529. The predicted octanol–water partition coefficient (Wildman–Crippen LogP) is 5.53. The first-order valence-electron chi connectivity index (χ1n) is 6.72. The Morgan fingerprint density at radius 3 is 2.17 bits per heavy atom. The molecule has 0 spiro atoms. The van der Waals surface area contributed by atoms with Crippen molar-refractivity contribution in [1.82, 2.24) is 0 Å². The number of hydrogen-bond donors (Lipinski definition) is 0. The van der Waals surface area contributed by atoms with Crippen molar-refractivity contribution in [2.24, 2.45) is 0 Å². The van der Waals surface area contributed by atoms with Crippen molar-refractivity contribution in [3.8, 4) is 17.9 Å². The molecule has 23 heavy (non-hydrogen) atoms. The number of ether oxygens (including phenoxy) is 1. The third kappa shape index (κ3) is 4.69. The highest BCUT2D eigenvalue weighted by Gasteiger charge is 2.09. The first-order chi connectivity index (χ1) is 11.0. The second-order valence-electron chi connectivity index (χ2n) is 4.87. The van der Waals surface area contributed by atoms with Gasteiger partial charge in [0.25, 0.3) is 0 Å². The Bertz CT molecular complexity index is 789. The monoisotopic (exact) mass is 430 g/mol. The van der Waals surface area contributed by atoms with Crippen LogP contribution in [0.5, 0.6) is 5.75 Å². The second kappa shape index (κ2) is 7.97. The van der Waals surface area contributed by atoms with Gasteiger partial charge >= 0.3 is 0 Å². The first-order valence-corrected chi connectivity index (χ1v) is 8.31. The molecule has 2 aromatic carbocycles. The number of aryl methyl sites for hydroxylation is 1. The molecule has 0 aliphatic heterocycles. The van der Waals surface area contributed by atoms with Crippen LogP contribution < -0.4 is 4.74 Å². The zero-order valence-corrected chi connectivity index (χ0v) is 15.5. The highest BCUT2D eigenvalue weighted by molar-refractivity contribution is 9.11. The zero-order valence-electron chi connectivity index (χ0n) is 12.3. The fourth-order valence-electron chi connectivity index (χ4n) is 1.90. The summed E-state index contributed by atoms with van der Waals surface area (Å²) in [5, 5.41) is 17.6. The van der Waals surface area contributed by atoms with E-state index < -0.39 is 0 Å². The average Bonchev–Trinajstić information content (AvgIpc) is 2.53. The Kier molecular flexibility index (Phi) is 5.98. The molecule has 0 N–H and O–H groups in total. The van der Waals surface area contributed by atoms with Crippen molar-refractivity contribution < 1.29 is 4.74 Å². The van der Waals surface area contributed by atoms with Gasteiger partial charge in [-0.1, -0.05) is 29.8 Å². The van der Waals surface area contributed by atoms with Crippen LogP contribution in [0.1, 0.15) is 16.7 Å². The number of benzene rings is 2. The molecule has 5 heteroatoms. The lowest BCUT2D eigenvalue weighted by atomic mass is 10.1. The van der Waals surface area contributed by atoms with Crippen LogP contribution in [-0.2, 0) is 6.61 Å². The van der Waals surface area contributed by atoms with Gasteiger partial charge in [0.1, 0.15) is 30.1 Å². The molecule has 0 heterocycles. The molecule has 2 aromatic rings. The number of allylic oxidation sites excluding steroid dienone is 1. The van der Waals surface area contributed by atoms with E-state index in [1.54, 1.807) is 0 Å². The van der Waals surface area contributed by atoms with Gasteiger partial charge in [0.2, 0.25) is 0 Å². The van der Waals surface area contributed by atoms with E-state index in [-0.39, 0.29) is 5.57 Å². The molecule has 0 radical (unpaired) electrons. The van der Waals surface area contributed by atoms with Crippen LogP contribution >= 0.6 is 31.9 Å². The normalized spacial score (nSPS) is 9.61. The zero-order chi connectivity index (χ0) is 16.8. The maximum absolute atomic E-state index is 8.82. The van der Waals surface area contributed by atoms with E-state index >= 15 is 0 Å². The predicted molar refractivity (Wildman–Crippen MR) is 96.6 cm³/mol. The maximum atomic E-state index is 8.82. The average molecular weight is 432 g/mol. The number of nitriles is 2. The first kappa shape index (κ1) is 17.3. The lowest BCUT2D eigenvalue weighted by Crippen LogP contribution is -1.97. The third-order valence-electron chi connectivity index (χ3n) is 3.08. The summed E-state index contributed by atoms with van der Waals surface area (Å²) >= 11 is 6.93. The van der Waals surface area contributed by atoms with E-state index in [1.165, 1.54) is 11.6 Å². The molecule has 0 aliphatic carbocycles. The van der Waals surface area contributed by atoms with Crippen molar-refractivity contribution in [2.75, 3.05) is 0 Å². The van der Waals surface area contributed by atoms with Gasteiger partial charge in [-0.25, -0.2) is 0 Å². The number of rotatable bonds is 4. The lowest BCUT2D eigenvalue weighted by Gasteiger charge is -2.11. The van der Waals surface area contributed by atoms with Crippen LogP contribution in [0.3, 0.4) is 0 Å².